The van der Waals surface area contributed by atoms with E-state index in [0.29, 0.717) is 21.9 Å². The second-order valence-electron chi connectivity index (χ2n) is 7.34. The highest BCUT2D eigenvalue weighted by molar-refractivity contribution is 7.99. The first-order valence-corrected chi connectivity index (χ1v) is 12.0. The van der Waals surface area contributed by atoms with Crippen molar-refractivity contribution in [2.24, 2.45) is 0 Å². The van der Waals surface area contributed by atoms with Crippen LogP contribution in [0.1, 0.15) is 10.4 Å². The summed E-state index contributed by atoms with van der Waals surface area (Å²) in [6, 6.07) is 17.8. The molecule has 4 aromatic rings. The number of anilines is 1. The standard InChI is InChI=1S/C25H23N3O2S2/c1-4-14-28-24(30)22-16(2)17(3)32-23(22)27-25(28)31-15-21(29)26-20-12-10-19(11-13-20)18-8-6-5-7-9-18/h4-13H,1,14-15H2,2-3H3,(H,26,29). The van der Waals surface area contributed by atoms with E-state index in [1.165, 1.54) is 23.1 Å². The molecule has 2 heterocycles. The number of thioether (sulfide) groups is 1. The van der Waals surface area contributed by atoms with Gasteiger partial charge in [0.15, 0.2) is 5.16 Å². The van der Waals surface area contributed by atoms with Gasteiger partial charge in [-0.25, -0.2) is 4.98 Å². The van der Waals surface area contributed by atoms with Gasteiger partial charge in [0.05, 0.1) is 11.1 Å². The van der Waals surface area contributed by atoms with Crippen molar-refractivity contribution >= 4 is 44.9 Å². The van der Waals surface area contributed by atoms with Crippen LogP contribution in [0.25, 0.3) is 21.3 Å². The Labute approximate surface area is 194 Å². The first kappa shape index (κ1) is 22.0. The number of nitrogens with one attached hydrogen (secondary N) is 1. The monoisotopic (exact) mass is 461 g/mol. The molecule has 0 bridgehead atoms. The Morgan fingerprint density at radius 3 is 2.50 bits per heavy atom. The van der Waals surface area contributed by atoms with E-state index in [0.717, 1.165) is 27.3 Å². The van der Waals surface area contributed by atoms with Crippen LogP contribution in [0.5, 0.6) is 0 Å². The molecule has 0 saturated carbocycles. The molecular weight excluding hydrogens is 438 g/mol. The Kier molecular flexibility index (Phi) is 6.58. The molecule has 32 heavy (non-hydrogen) atoms. The summed E-state index contributed by atoms with van der Waals surface area (Å²) in [4.78, 5) is 32.0. The van der Waals surface area contributed by atoms with Gasteiger partial charge in [0, 0.05) is 17.1 Å². The lowest BCUT2D eigenvalue weighted by atomic mass is 10.1. The Hall–Kier alpha value is -3.16. The van der Waals surface area contributed by atoms with E-state index >= 15 is 0 Å². The van der Waals surface area contributed by atoms with Crippen molar-refractivity contribution in [3.63, 3.8) is 0 Å². The molecule has 0 atom stereocenters. The Balaban J connectivity index is 1.48. The largest absolute Gasteiger partial charge is 0.325 e. The molecule has 1 N–H and O–H groups in total. The Morgan fingerprint density at radius 2 is 1.81 bits per heavy atom. The van der Waals surface area contributed by atoms with E-state index in [1.54, 1.807) is 10.6 Å². The number of aromatic nitrogens is 2. The van der Waals surface area contributed by atoms with Crippen LogP contribution in [0.3, 0.4) is 0 Å². The number of aryl methyl sites for hydroxylation is 2. The number of amides is 1. The van der Waals surface area contributed by atoms with Gasteiger partial charge in [0.2, 0.25) is 5.91 Å². The summed E-state index contributed by atoms with van der Waals surface area (Å²) in [5, 5.41) is 4.10. The van der Waals surface area contributed by atoms with Crippen LogP contribution in [0.15, 0.2) is 77.2 Å². The molecule has 162 valence electrons. The third-order valence-corrected chi connectivity index (χ3v) is 7.25. The average Bonchev–Trinajstić information content (AvgIpc) is 3.09. The van der Waals surface area contributed by atoms with Crippen molar-refractivity contribution in [3.05, 3.63) is 88.0 Å². The molecule has 0 aliphatic carbocycles. The molecule has 1 amide bonds. The molecule has 2 aromatic carbocycles. The molecule has 0 radical (unpaired) electrons. The highest BCUT2D eigenvalue weighted by atomic mass is 32.2. The van der Waals surface area contributed by atoms with Crippen molar-refractivity contribution in [3.8, 4) is 11.1 Å². The lowest BCUT2D eigenvalue weighted by Crippen LogP contribution is -2.23. The van der Waals surface area contributed by atoms with Crippen LogP contribution in [-0.2, 0) is 11.3 Å². The molecular formula is C25H23N3O2S2. The van der Waals surface area contributed by atoms with Crippen LogP contribution in [0.4, 0.5) is 5.69 Å². The van der Waals surface area contributed by atoms with Gasteiger partial charge in [-0.1, -0.05) is 60.3 Å². The number of nitrogens with zero attached hydrogens (tertiary/aromatic N) is 2. The van der Waals surface area contributed by atoms with E-state index in [9.17, 15) is 9.59 Å². The lowest BCUT2D eigenvalue weighted by Gasteiger charge is -2.11. The number of benzene rings is 2. The van der Waals surface area contributed by atoms with Gasteiger partial charge in [0.25, 0.3) is 5.56 Å². The maximum Gasteiger partial charge on any atom is 0.263 e. The van der Waals surface area contributed by atoms with Crippen LogP contribution >= 0.6 is 23.1 Å². The van der Waals surface area contributed by atoms with Crippen molar-refractivity contribution in [2.75, 3.05) is 11.1 Å². The molecule has 0 aliphatic heterocycles. The summed E-state index contributed by atoms with van der Waals surface area (Å²) in [6.07, 6.45) is 1.67. The number of thiophene rings is 1. The van der Waals surface area contributed by atoms with Crippen molar-refractivity contribution in [1.29, 1.82) is 0 Å². The molecule has 0 unspecified atom stereocenters. The van der Waals surface area contributed by atoms with E-state index in [2.05, 4.69) is 16.9 Å². The second-order valence-corrected chi connectivity index (χ2v) is 9.49. The van der Waals surface area contributed by atoms with Crippen LogP contribution in [0, 0.1) is 13.8 Å². The summed E-state index contributed by atoms with van der Waals surface area (Å²) >= 11 is 2.76. The van der Waals surface area contributed by atoms with Gasteiger partial charge >= 0.3 is 0 Å². The maximum atomic E-state index is 13.0. The fraction of sp³-hybridized carbons (Fsp3) is 0.160. The first-order chi connectivity index (χ1) is 15.5. The summed E-state index contributed by atoms with van der Waals surface area (Å²) in [5.41, 5.74) is 3.82. The van der Waals surface area contributed by atoms with Gasteiger partial charge in [0.1, 0.15) is 4.83 Å². The van der Waals surface area contributed by atoms with Crippen LogP contribution < -0.4 is 10.9 Å². The topological polar surface area (TPSA) is 64.0 Å². The summed E-state index contributed by atoms with van der Waals surface area (Å²) in [6.45, 7) is 8.03. The average molecular weight is 462 g/mol. The maximum absolute atomic E-state index is 13.0. The molecule has 5 nitrogen and oxygen atoms in total. The second kappa shape index (κ2) is 9.54. The first-order valence-electron chi connectivity index (χ1n) is 10.2. The minimum Gasteiger partial charge on any atom is -0.325 e. The summed E-state index contributed by atoms with van der Waals surface area (Å²) in [7, 11) is 0. The molecule has 0 fully saturated rings. The van der Waals surface area contributed by atoms with E-state index in [1.807, 2.05) is 68.4 Å². The number of carbonyl (C=O) groups excluding carboxylic acids is 1. The van der Waals surface area contributed by atoms with E-state index in [4.69, 9.17) is 0 Å². The zero-order valence-electron chi connectivity index (χ0n) is 17.9. The van der Waals surface area contributed by atoms with Gasteiger partial charge in [-0.2, -0.15) is 0 Å². The molecule has 0 aliphatic rings. The highest BCUT2D eigenvalue weighted by Gasteiger charge is 2.17. The van der Waals surface area contributed by atoms with Gasteiger partial charge in [-0.05, 0) is 42.7 Å². The number of carbonyl (C=O) groups is 1. The number of rotatable bonds is 7. The molecule has 0 spiro atoms. The third kappa shape index (κ3) is 4.54. The Morgan fingerprint density at radius 1 is 1.12 bits per heavy atom. The fourth-order valence-electron chi connectivity index (χ4n) is 3.41. The molecule has 7 heteroatoms. The normalized spacial score (nSPS) is 10.9. The van der Waals surface area contributed by atoms with Crippen LogP contribution in [0.2, 0.25) is 0 Å². The van der Waals surface area contributed by atoms with E-state index < -0.39 is 0 Å². The SMILES string of the molecule is C=CCn1c(SCC(=O)Nc2ccc(-c3ccccc3)cc2)nc2sc(C)c(C)c2c1=O. The zero-order chi connectivity index (χ0) is 22.7. The quantitative estimate of drug-likeness (QED) is 0.219. The van der Waals surface area contributed by atoms with Crippen molar-refractivity contribution < 1.29 is 4.79 Å². The van der Waals surface area contributed by atoms with Gasteiger partial charge in [-0.15, -0.1) is 17.9 Å². The fourth-order valence-corrected chi connectivity index (χ4v) is 5.29. The predicted molar refractivity (Wildman–Crippen MR) is 135 cm³/mol. The number of hydrogen-bond acceptors (Lipinski definition) is 5. The molecule has 4 rings (SSSR count). The van der Waals surface area contributed by atoms with E-state index in [-0.39, 0.29) is 17.2 Å². The van der Waals surface area contributed by atoms with Gasteiger partial charge < -0.3 is 5.32 Å². The predicted octanol–water partition coefficient (Wildman–Crippen LogP) is 5.66. The summed E-state index contributed by atoms with van der Waals surface area (Å²) < 4.78 is 1.58. The molecule has 2 aromatic heterocycles. The number of hydrogen-bond donors (Lipinski definition) is 1. The number of fused-ring (bicyclic) bond motifs is 1. The zero-order valence-corrected chi connectivity index (χ0v) is 19.6. The highest BCUT2D eigenvalue weighted by Crippen LogP contribution is 2.28. The lowest BCUT2D eigenvalue weighted by molar-refractivity contribution is -0.113. The minimum atomic E-state index is -0.152. The number of allylic oxidation sites excluding steroid dienone is 1. The smallest absolute Gasteiger partial charge is 0.263 e. The molecule has 0 saturated heterocycles. The third-order valence-electron chi connectivity index (χ3n) is 5.17. The van der Waals surface area contributed by atoms with Crippen molar-refractivity contribution in [1.82, 2.24) is 9.55 Å². The minimum absolute atomic E-state index is 0.0869. The summed E-state index contributed by atoms with van der Waals surface area (Å²) in [5.74, 6) is -0.000662. The van der Waals surface area contributed by atoms with Crippen molar-refractivity contribution in [2.45, 2.75) is 25.5 Å². The Bertz CT molecular complexity index is 1340. The van der Waals surface area contributed by atoms with Crippen LogP contribution in [-0.4, -0.2) is 21.2 Å². The van der Waals surface area contributed by atoms with Gasteiger partial charge in [-0.3, -0.25) is 14.2 Å².